The van der Waals surface area contributed by atoms with Crippen molar-refractivity contribution in [3.8, 4) is 0 Å². The van der Waals surface area contributed by atoms with Gasteiger partial charge in [-0.25, -0.2) is 0 Å². The van der Waals surface area contributed by atoms with Crippen LogP contribution in [-0.4, -0.2) is 11.7 Å². The van der Waals surface area contributed by atoms with Crippen LogP contribution >= 0.6 is 0 Å². The van der Waals surface area contributed by atoms with E-state index in [2.05, 4.69) is 84.2 Å². The van der Waals surface area contributed by atoms with Gasteiger partial charge in [-0.05, 0) is 63.0 Å². The van der Waals surface area contributed by atoms with E-state index in [4.69, 9.17) is 25.3 Å². The molecule has 1 aliphatic rings. The van der Waals surface area contributed by atoms with Crippen LogP contribution in [0.25, 0.3) is 54.9 Å². The predicted molar refractivity (Wildman–Crippen MR) is 203 cm³/mol. The number of amidine groups is 1. The second kappa shape index (κ2) is 12.2. The number of benzene rings is 7. The number of hydrogen-bond donors (Lipinski definition) is 2. The number of nitrogens with one attached hydrogen (secondary N) is 3. The third-order valence-corrected chi connectivity index (χ3v) is 9.40. The molecule has 3 N–H and O–H groups in total. The second-order valence-corrected chi connectivity index (χ2v) is 12.5. The fourth-order valence-electron chi connectivity index (χ4n) is 6.89. The van der Waals surface area contributed by atoms with Gasteiger partial charge in [-0.3, -0.25) is 10.4 Å². The van der Waals surface area contributed by atoms with E-state index in [-0.39, 0.29) is 11.9 Å². The Bertz CT molecular complexity index is 2650. The Balaban J connectivity index is 1.05. The maximum atomic E-state index is 8.86. The summed E-state index contributed by atoms with van der Waals surface area (Å²) in [5.74, 6) is 0.737. The SMILES string of the molecule is N=C(OC([NH-])c1cccc2c1oc1ccccc12)c1ccc2ccc(C3=CC(c4cccc5ccccc45)N=C(c4ccccc4)N3)cc2c1. The number of ether oxygens (including phenoxy) is 1. The normalized spacial score (nSPS) is 15.1. The van der Waals surface area contributed by atoms with E-state index in [1.165, 1.54) is 10.8 Å². The number of fused-ring (bicyclic) bond motifs is 5. The summed E-state index contributed by atoms with van der Waals surface area (Å²) in [6, 6.07) is 50.5. The zero-order chi connectivity index (χ0) is 33.6. The quantitative estimate of drug-likeness (QED) is 0.139. The minimum absolute atomic E-state index is 0.0741. The summed E-state index contributed by atoms with van der Waals surface area (Å²) < 4.78 is 12.1. The largest absolute Gasteiger partial charge is 0.637 e. The van der Waals surface area contributed by atoms with Crippen LogP contribution in [0, 0.1) is 5.41 Å². The van der Waals surface area contributed by atoms with Crippen molar-refractivity contribution >= 4 is 60.9 Å². The van der Waals surface area contributed by atoms with Gasteiger partial charge in [0.15, 0.2) is 0 Å². The average molecular weight is 648 g/mol. The van der Waals surface area contributed by atoms with Gasteiger partial charge in [0, 0.05) is 39.4 Å². The number of nitrogens with zero attached hydrogens (tertiary/aromatic N) is 1. The zero-order valence-corrected chi connectivity index (χ0v) is 26.9. The van der Waals surface area contributed by atoms with Crippen molar-refractivity contribution in [2.75, 3.05) is 0 Å². The van der Waals surface area contributed by atoms with E-state index >= 15 is 0 Å². The van der Waals surface area contributed by atoms with Crippen LogP contribution in [0.15, 0.2) is 167 Å². The monoisotopic (exact) mass is 647 g/mol. The fraction of sp³-hybridized carbons (Fsp3) is 0.0455. The number of rotatable bonds is 6. The van der Waals surface area contributed by atoms with Gasteiger partial charge in [0.05, 0.1) is 6.04 Å². The summed E-state index contributed by atoms with van der Waals surface area (Å²) in [4.78, 5) is 5.19. The first-order valence-electron chi connectivity index (χ1n) is 16.6. The van der Waals surface area contributed by atoms with Gasteiger partial charge in [-0.15, -0.1) is 0 Å². The number of furan rings is 1. The van der Waals surface area contributed by atoms with Gasteiger partial charge in [-0.2, -0.15) is 0 Å². The Morgan fingerprint density at radius 1 is 0.680 bits per heavy atom. The summed E-state index contributed by atoms with van der Waals surface area (Å²) >= 11 is 0. The molecule has 0 aliphatic carbocycles. The van der Waals surface area contributed by atoms with Gasteiger partial charge in [0.2, 0.25) is 5.90 Å². The highest BCUT2D eigenvalue weighted by Crippen LogP contribution is 2.36. The molecular formula is C44H31N4O2-. The third kappa shape index (κ3) is 5.28. The van der Waals surface area contributed by atoms with E-state index in [9.17, 15) is 0 Å². The van der Waals surface area contributed by atoms with Crippen LogP contribution in [0.4, 0.5) is 0 Å². The molecule has 7 aromatic carbocycles. The summed E-state index contributed by atoms with van der Waals surface area (Å²) in [5, 5.41) is 18.7. The molecule has 6 nitrogen and oxygen atoms in total. The molecule has 240 valence electrons. The molecule has 0 spiro atoms. The van der Waals surface area contributed by atoms with Crippen LogP contribution in [0.3, 0.4) is 0 Å². The molecule has 0 amide bonds. The van der Waals surface area contributed by atoms with Crippen molar-refractivity contribution in [1.82, 2.24) is 5.32 Å². The third-order valence-electron chi connectivity index (χ3n) is 9.40. The zero-order valence-electron chi connectivity index (χ0n) is 26.9. The Morgan fingerprint density at radius 3 is 2.32 bits per heavy atom. The molecular weight excluding hydrogens is 617 g/mol. The van der Waals surface area contributed by atoms with E-state index in [1.807, 2.05) is 78.9 Å². The Hall–Kier alpha value is -6.50. The molecule has 9 rings (SSSR count). The van der Waals surface area contributed by atoms with Gasteiger partial charge in [0.1, 0.15) is 17.0 Å². The van der Waals surface area contributed by atoms with Crippen molar-refractivity contribution in [3.05, 3.63) is 191 Å². The minimum Gasteiger partial charge on any atom is -0.637 e. The molecule has 0 radical (unpaired) electrons. The Kier molecular flexibility index (Phi) is 7.22. The lowest BCUT2D eigenvalue weighted by Gasteiger charge is -2.24. The van der Waals surface area contributed by atoms with Crippen LogP contribution in [0.5, 0.6) is 0 Å². The molecule has 50 heavy (non-hydrogen) atoms. The van der Waals surface area contributed by atoms with E-state index in [1.54, 1.807) is 0 Å². The second-order valence-electron chi connectivity index (χ2n) is 12.5. The number of aliphatic imine (C=N–C) groups is 1. The molecule has 0 bridgehead atoms. The first kappa shape index (κ1) is 29.6. The maximum absolute atomic E-state index is 8.86. The fourth-order valence-corrected chi connectivity index (χ4v) is 6.89. The van der Waals surface area contributed by atoms with Crippen molar-refractivity contribution in [2.45, 2.75) is 12.3 Å². The summed E-state index contributed by atoms with van der Waals surface area (Å²) in [5.41, 5.74) is 15.5. The van der Waals surface area contributed by atoms with E-state index in [0.717, 1.165) is 55.4 Å². The first-order valence-corrected chi connectivity index (χ1v) is 16.6. The van der Waals surface area contributed by atoms with Crippen LogP contribution < -0.4 is 5.32 Å². The van der Waals surface area contributed by atoms with E-state index < -0.39 is 6.23 Å². The molecule has 0 fully saturated rings. The first-order chi connectivity index (χ1) is 24.6. The van der Waals surface area contributed by atoms with Gasteiger partial charge in [-0.1, -0.05) is 127 Å². The summed E-state index contributed by atoms with van der Waals surface area (Å²) in [7, 11) is 0. The van der Waals surface area contributed by atoms with Crippen molar-refractivity contribution in [2.24, 2.45) is 4.99 Å². The lowest BCUT2D eigenvalue weighted by molar-refractivity contribution is 0.241. The number of para-hydroxylation sites is 2. The maximum Gasteiger partial charge on any atom is 0.212 e. The highest BCUT2D eigenvalue weighted by molar-refractivity contribution is 6.07. The lowest BCUT2D eigenvalue weighted by Crippen LogP contribution is -2.27. The average Bonchev–Trinajstić information content (AvgIpc) is 3.56. The van der Waals surface area contributed by atoms with Gasteiger partial charge < -0.3 is 20.2 Å². The Morgan fingerprint density at radius 2 is 1.42 bits per heavy atom. The molecule has 1 aromatic heterocycles. The van der Waals surface area contributed by atoms with Crippen molar-refractivity contribution in [1.29, 1.82) is 5.41 Å². The highest BCUT2D eigenvalue weighted by Gasteiger charge is 2.21. The number of hydrogen-bond acceptors (Lipinski definition) is 5. The van der Waals surface area contributed by atoms with Crippen LogP contribution in [-0.2, 0) is 4.74 Å². The highest BCUT2D eigenvalue weighted by atomic mass is 16.5. The van der Waals surface area contributed by atoms with Gasteiger partial charge >= 0.3 is 0 Å². The summed E-state index contributed by atoms with van der Waals surface area (Å²) in [6.45, 7) is 0. The Labute approximate surface area is 288 Å². The molecule has 2 heterocycles. The molecule has 0 saturated carbocycles. The molecule has 2 unspecified atom stereocenters. The predicted octanol–water partition coefficient (Wildman–Crippen LogP) is 11.1. The molecule has 0 saturated heterocycles. The van der Waals surface area contributed by atoms with Crippen LogP contribution in [0.1, 0.15) is 40.1 Å². The van der Waals surface area contributed by atoms with E-state index in [0.29, 0.717) is 16.7 Å². The van der Waals surface area contributed by atoms with Crippen molar-refractivity contribution in [3.63, 3.8) is 0 Å². The topological polar surface area (TPSA) is 94.4 Å². The minimum atomic E-state index is -1.13. The summed E-state index contributed by atoms with van der Waals surface area (Å²) in [6.07, 6.45) is 1.06. The lowest BCUT2D eigenvalue weighted by atomic mass is 9.95. The molecule has 8 aromatic rings. The molecule has 6 heteroatoms. The smallest absolute Gasteiger partial charge is 0.212 e. The van der Waals surface area contributed by atoms with Gasteiger partial charge in [0.25, 0.3) is 0 Å². The standard InChI is InChI=1S/C44H31N4O2/c45-42(50-43(46)37-18-9-17-36-35-15-6-7-19-40(35)49-41(36)37)31-23-21-27-20-22-30(24-32(27)25-31)38-26-39(48-44(47-38)29-11-2-1-3-12-29)34-16-8-13-28-10-4-5-14-33(28)34/h1-26,39,43,45-46H,(H,47,48)/q-1. The van der Waals surface area contributed by atoms with Crippen molar-refractivity contribution < 1.29 is 9.15 Å². The molecule has 1 aliphatic heterocycles. The molecule has 2 atom stereocenters. The van der Waals surface area contributed by atoms with Crippen LogP contribution in [0.2, 0.25) is 0 Å².